The van der Waals surface area contributed by atoms with E-state index in [-0.39, 0.29) is 16.2 Å². The molecule has 5 rings (SSSR count). The average Bonchev–Trinajstić information content (AvgIpc) is 2.84. The quantitative estimate of drug-likeness (QED) is 0.489. The van der Waals surface area contributed by atoms with Gasteiger partial charge in [-0.15, -0.1) is 0 Å². The third kappa shape index (κ3) is 3.67. The number of carbonyl (C=O) groups is 1. The van der Waals surface area contributed by atoms with Gasteiger partial charge >= 0.3 is 0 Å². The number of aromatic amines is 1. The molecular weight excluding hydrogens is 424 g/mol. The van der Waals surface area contributed by atoms with Gasteiger partial charge in [0, 0.05) is 44.1 Å². The van der Waals surface area contributed by atoms with Crippen LogP contribution in [0, 0.1) is 4.77 Å². The van der Waals surface area contributed by atoms with E-state index in [1.807, 2.05) is 30.3 Å². The molecule has 4 aromatic rings. The van der Waals surface area contributed by atoms with Crippen LogP contribution in [0.2, 0.25) is 0 Å². The van der Waals surface area contributed by atoms with E-state index in [0.29, 0.717) is 54.3 Å². The Bertz CT molecular complexity index is 1390. The third-order valence-electron chi connectivity index (χ3n) is 5.56. The first-order valence-corrected chi connectivity index (χ1v) is 10.7. The molecule has 9 heteroatoms. The molecule has 1 amide bonds. The van der Waals surface area contributed by atoms with Gasteiger partial charge in [-0.2, -0.15) is 0 Å². The number of benzene rings is 2. The minimum absolute atomic E-state index is 0.0768. The molecule has 0 atom stereocenters. The topological polar surface area (TPSA) is 87.1 Å². The molecule has 0 saturated carbocycles. The van der Waals surface area contributed by atoms with Crippen molar-refractivity contribution < 1.29 is 4.79 Å². The number of fused-ring (bicyclic) bond motifs is 1. The van der Waals surface area contributed by atoms with E-state index in [2.05, 4.69) is 19.9 Å². The lowest BCUT2D eigenvalue weighted by molar-refractivity contribution is 0.0746. The van der Waals surface area contributed by atoms with E-state index in [1.165, 1.54) is 4.57 Å². The van der Waals surface area contributed by atoms with Gasteiger partial charge < -0.3 is 14.8 Å². The molecule has 0 bridgehead atoms. The van der Waals surface area contributed by atoms with Crippen LogP contribution < -0.4 is 10.5 Å². The Balaban J connectivity index is 1.40. The van der Waals surface area contributed by atoms with E-state index >= 15 is 0 Å². The number of carbonyl (C=O) groups excluding carboxylic acids is 1. The van der Waals surface area contributed by atoms with Gasteiger partial charge in [0.15, 0.2) is 4.77 Å². The van der Waals surface area contributed by atoms with Crippen molar-refractivity contribution >= 4 is 35.0 Å². The Morgan fingerprint density at radius 1 is 0.938 bits per heavy atom. The molecule has 1 N–H and O–H groups in total. The van der Waals surface area contributed by atoms with E-state index in [9.17, 15) is 9.59 Å². The van der Waals surface area contributed by atoms with Crippen LogP contribution in [-0.4, -0.2) is 56.5 Å². The number of nitrogens with one attached hydrogen (secondary N) is 1. The maximum atomic E-state index is 13.1. The summed E-state index contributed by atoms with van der Waals surface area (Å²) in [4.78, 5) is 41.7. The van der Waals surface area contributed by atoms with Crippen molar-refractivity contribution in [1.29, 1.82) is 0 Å². The first kappa shape index (κ1) is 20.1. The van der Waals surface area contributed by atoms with Gasteiger partial charge in [-0.1, -0.05) is 18.2 Å². The molecule has 0 radical (unpaired) electrons. The Morgan fingerprint density at radius 2 is 1.66 bits per heavy atom. The molecule has 0 spiro atoms. The molecule has 1 fully saturated rings. The van der Waals surface area contributed by atoms with Gasteiger partial charge in [0.05, 0.1) is 16.6 Å². The largest absolute Gasteiger partial charge is 0.337 e. The highest BCUT2D eigenvalue weighted by Gasteiger charge is 2.23. The molecule has 2 aromatic heterocycles. The highest BCUT2D eigenvalue weighted by molar-refractivity contribution is 7.71. The second kappa shape index (κ2) is 8.35. The summed E-state index contributed by atoms with van der Waals surface area (Å²) >= 11 is 5.44. The zero-order valence-corrected chi connectivity index (χ0v) is 18.0. The van der Waals surface area contributed by atoms with Crippen molar-refractivity contribution in [1.82, 2.24) is 24.4 Å². The molecule has 0 aliphatic carbocycles. The van der Waals surface area contributed by atoms with Crippen molar-refractivity contribution in [3.63, 3.8) is 0 Å². The number of piperazine rings is 1. The predicted molar refractivity (Wildman–Crippen MR) is 125 cm³/mol. The number of hydrogen-bond donors (Lipinski definition) is 1. The van der Waals surface area contributed by atoms with E-state index in [1.54, 1.807) is 41.6 Å². The van der Waals surface area contributed by atoms with Gasteiger partial charge in [-0.05, 0) is 48.6 Å². The number of amides is 1. The van der Waals surface area contributed by atoms with Crippen LogP contribution >= 0.6 is 12.2 Å². The third-order valence-corrected chi connectivity index (χ3v) is 5.85. The number of nitrogens with zero attached hydrogens (tertiary/aromatic N) is 5. The van der Waals surface area contributed by atoms with Crippen LogP contribution in [-0.2, 0) is 0 Å². The minimum atomic E-state index is -0.217. The smallest absolute Gasteiger partial charge is 0.266 e. The summed E-state index contributed by atoms with van der Waals surface area (Å²) in [7, 11) is 0. The van der Waals surface area contributed by atoms with Gasteiger partial charge in [-0.3, -0.25) is 14.2 Å². The van der Waals surface area contributed by atoms with E-state index in [4.69, 9.17) is 12.2 Å². The van der Waals surface area contributed by atoms with Crippen molar-refractivity contribution in [3.05, 3.63) is 87.7 Å². The molecule has 0 unspecified atom stereocenters. The maximum absolute atomic E-state index is 13.1. The molecule has 1 aliphatic heterocycles. The number of aromatic nitrogens is 4. The second-order valence-electron chi connectivity index (χ2n) is 7.49. The Morgan fingerprint density at radius 3 is 2.38 bits per heavy atom. The predicted octanol–water partition coefficient (Wildman–Crippen LogP) is 2.80. The SMILES string of the molecule is O=C(c1ccc2c(=O)n(-c3ccccc3)c(=S)[nH]c2c1)N1CCN(c2ncccn2)CC1. The summed E-state index contributed by atoms with van der Waals surface area (Å²) in [5.74, 6) is 0.597. The monoisotopic (exact) mass is 444 g/mol. The van der Waals surface area contributed by atoms with Gasteiger partial charge in [0.2, 0.25) is 5.95 Å². The fourth-order valence-corrected chi connectivity index (χ4v) is 4.21. The summed E-state index contributed by atoms with van der Waals surface area (Å²) < 4.78 is 1.75. The van der Waals surface area contributed by atoms with Crippen LogP contribution in [0.15, 0.2) is 71.8 Å². The highest BCUT2D eigenvalue weighted by atomic mass is 32.1. The van der Waals surface area contributed by atoms with Crippen LogP contribution in [0.5, 0.6) is 0 Å². The molecular formula is C23H20N6O2S. The molecule has 3 heterocycles. The van der Waals surface area contributed by atoms with Gasteiger partial charge in [0.25, 0.3) is 11.5 Å². The standard InChI is InChI=1S/C23H20N6O2S/c30-20(27-11-13-28(14-12-27)22-24-9-4-10-25-22)16-7-8-18-19(15-16)26-23(32)29(21(18)31)17-5-2-1-3-6-17/h1-10,15H,11-14H2,(H,26,32). The van der Waals surface area contributed by atoms with Crippen LogP contribution in [0.1, 0.15) is 10.4 Å². The number of rotatable bonds is 3. The highest BCUT2D eigenvalue weighted by Crippen LogP contribution is 2.17. The molecule has 8 nitrogen and oxygen atoms in total. The lowest BCUT2D eigenvalue weighted by Crippen LogP contribution is -2.49. The molecule has 1 aliphatic rings. The van der Waals surface area contributed by atoms with Gasteiger partial charge in [0.1, 0.15) is 0 Å². The molecule has 2 aromatic carbocycles. The first-order chi connectivity index (χ1) is 15.6. The Hall–Kier alpha value is -3.85. The number of H-pyrrole nitrogens is 1. The zero-order chi connectivity index (χ0) is 22.1. The summed E-state index contributed by atoms with van der Waals surface area (Å²) in [6, 6.07) is 16.1. The lowest BCUT2D eigenvalue weighted by atomic mass is 10.1. The average molecular weight is 445 g/mol. The molecule has 160 valence electrons. The molecule has 1 saturated heterocycles. The van der Waals surface area contributed by atoms with Crippen molar-refractivity contribution in [2.45, 2.75) is 0 Å². The summed E-state index contributed by atoms with van der Waals surface area (Å²) in [5, 5.41) is 0.477. The minimum Gasteiger partial charge on any atom is -0.337 e. The van der Waals surface area contributed by atoms with Crippen LogP contribution in [0.25, 0.3) is 16.6 Å². The summed E-state index contributed by atoms with van der Waals surface area (Å²) in [6.07, 6.45) is 3.43. The number of anilines is 1. The van der Waals surface area contributed by atoms with Gasteiger partial charge in [-0.25, -0.2) is 9.97 Å². The number of hydrogen-bond acceptors (Lipinski definition) is 6. The lowest BCUT2D eigenvalue weighted by Gasteiger charge is -2.34. The fraction of sp³-hybridized carbons (Fsp3) is 0.174. The van der Waals surface area contributed by atoms with Crippen LogP contribution in [0.4, 0.5) is 5.95 Å². The van der Waals surface area contributed by atoms with E-state index < -0.39 is 0 Å². The van der Waals surface area contributed by atoms with E-state index in [0.717, 1.165) is 0 Å². The second-order valence-corrected chi connectivity index (χ2v) is 7.88. The van der Waals surface area contributed by atoms with Crippen LogP contribution in [0.3, 0.4) is 0 Å². The number of para-hydroxylation sites is 1. The summed E-state index contributed by atoms with van der Waals surface area (Å²) in [6.45, 7) is 2.46. The first-order valence-electron chi connectivity index (χ1n) is 10.3. The molecule has 32 heavy (non-hydrogen) atoms. The fourth-order valence-electron chi connectivity index (χ4n) is 3.91. The van der Waals surface area contributed by atoms with Crippen molar-refractivity contribution in [2.75, 3.05) is 31.1 Å². The van der Waals surface area contributed by atoms with Crippen molar-refractivity contribution in [3.8, 4) is 5.69 Å². The Labute approximate surface area is 188 Å². The zero-order valence-electron chi connectivity index (χ0n) is 17.1. The Kier molecular flexibility index (Phi) is 5.24. The normalized spacial score (nSPS) is 14.0. The van der Waals surface area contributed by atoms with Crippen molar-refractivity contribution in [2.24, 2.45) is 0 Å². The summed E-state index contributed by atoms with van der Waals surface area (Å²) in [5.41, 5.74) is 1.55. The maximum Gasteiger partial charge on any atom is 0.266 e.